The van der Waals surface area contributed by atoms with Crippen LogP contribution in [0, 0.1) is 6.92 Å². The van der Waals surface area contributed by atoms with E-state index in [1.54, 1.807) is 12.1 Å². The summed E-state index contributed by atoms with van der Waals surface area (Å²) < 4.78 is 12.4. The van der Waals surface area contributed by atoms with Crippen LogP contribution in [-0.4, -0.2) is 36.1 Å². The third kappa shape index (κ3) is 3.56. The van der Waals surface area contributed by atoms with Gasteiger partial charge in [0.05, 0.1) is 19.1 Å². The first-order valence-electron chi connectivity index (χ1n) is 8.60. The number of carbonyl (C=O) groups is 3. The Hall–Kier alpha value is -2.83. The van der Waals surface area contributed by atoms with E-state index < -0.39 is 11.9 Å². The topological polar surface area (TPSA) is 86.6 Å². The van der Waals surface area contributed by atoms with Gasteiger partial charge in [-0.05, 0) is 38.0 Å². The van der Waals surface area contributed by atoms with E-state index in [1.165, 1.54) is 14.0 Å². The highest BCUT2D eigenvalue weighted by atomic mass is 16.5. The van der Waals surface area contributed by atoms with E-state index in [4.69, 9.17) is 9.47 Å². The molecule has 3 rings (SSSR count). The number of benzene rings is 1. The first-order chi connectivity index (χ1) is 12.4. The largest absolute Gasteiger partial charge is 0.465 e. The molecule has 138 valence electrons. The smallest absolute Gasteiger partial charge is 0.340 e. The van der Waals surface area contributed by atoms with Crippen molar-refractivity contribution >= 4 is 28.7 Å². The number of fused-ring (bicyclic) bond motifs is 1. The lowest BCUT2D eigenvalue weighted by Crippen LogP contribution is -2.24. The number of methoxy groups -OCH3 is 1. The summed E-state index contributed by atoms with van der Waals surface area (Å²) in [5.74, 6) is -0.681. The number of ether oxygens (including phenoxy) is 2. The number of amides is 1. The third-order valence-electron chi connectivity index (χ3n) is 4.46. The molecule has 7 nitrogen and oxygen atoms in total. The van der Waals surface area contributed by atoms with Crippen LogP contribution in [0.2, 0.25) is 0 Å². The van der Waals surface area contributed by atoms with Gasteiger partial charge in [-0.1, -0.05) is 0 Å². The number of esters is 2. The van der Waals surface area contributed by atoms with E-state index >= 15 is 0 Å². The lowest BCUT2D eigenvalue weighted by atomic mass is 10.1. The van der Waals surface area contributed by atoms with Gasteiger partial charge in [-0.2, -0.15) is 0 Å². The molecule has 0 bridgehead atoms. The molecule has 1 aromatic carbocycles. The summed E-state index contributed by atoms with van der Waals surface area (Å²) in [7, 11) is 1.36. The first-order valence-corrected chi connectivity index (χ1v) is 8.60. The summed E-state index contributed by atoms with van der Waals surface area (Å²) in [4.78, 5) is 35.0. The van der Waals surface area contributed by atoms with E-state index in [0.717, 1.165) is 24.1 Å². The van der Waals surface area contributed by atoms with Crippen molar-refractivity contribution in [1.82, 2.24) is 9.88 Å². The van der Waals surface area contributed by atoms with Crippen molar-refractivity contribution in [1.29, 1.82) is 0 Å². The Kier molecular flexibility index (Phi) is 4.97. The van der Waals surface area contributed by atoms with Crippen LogP contribution >= 0.6 is 0 Å². The van der Waals surface area contributed by atoms with Gasteiger partial charge in [-0.3, -0.25) is 9.59 Å². The fourth-order valence-corrected chi connectivity index (χ4v) is 3.17. The second-order valence-electron chi connectivity index (χ2n) is 6.44. The zero-order valence-corrected chi connectivity index (χ0v) is 15.1. The van der Waals surface area contributed by atoms with Crippen LogP contribution in [0.1, 0.15) is 48.3 Å². The Bertz CT molecular complexity index is 880. The lowest BCUT2D eigenvalue weighted by molar-refractivity contribution is -0.134. The van der Waals surface area contributed by atoms with Gasteiger partial charge in [-0.25, -0.2) is 4.79 Å². The van der Waals surface area contributed by atoms with Crippen LogP contribution in [0.25, 0.3) is 10.9 Å². The third-order valence-corrected chi connectivity index (χ3v) is 4.46. The molecule has 1 aliphatic carbocycles. The van der Waals surface area contributed by atoms with E-state index in [1.807, 2.05) is 13.0 Å². The molecule has 1 saturated carbocycles. The Morgan fingerprint density at radius 3 is 2.62 bits per heavy atom. The number of aromatic nitrogens is 1. The Morgan fingerprint density at radius 2 is 2.00 bits per heavy atom. The summed E-state index contributed by atoms with van der Waals surface area (Å²) in [5, 5.41) is 3.27. The first kappa shape index (κ1) is 18.0. The molecule has 0 atom stereocenters. The molecular weight excluding hydrogens is 336 g/mol. The molecule has 0 aliphatic heterocycles. The van der Waals surface area contributed by atoms with E-state index in [9.17, 15) is 14.4 Å². The van der Waals surface area contributed by atoms with Crippen molar-refractivity contribution < 1.29 is 23.9 Å². The predicted molar refractivity (Wildman–Crippen MR) is 95.2 cm³/mol. The normalized spacial score (nSPS) is 13.5. The summed E-state index contributed by atoms with van der Waals surface area (Å²) in [6, 6.07) is 5.69. The van der Waals surface area contributed by atoms with Crippen LogP contribution in [0.4, 0.5) is 0 Å². The van der Waals surface area contributed by atoms with Crippen LogP contribution in [-0.2, 0) is 14.3 Å². The molecule has 0 spiro atoms. The van der Waals surface area contributed by atoms with Crippen molar-refractivity contribution in [2.75, 3.05) is 13.7 Å². The summed E-state index contributed by atoms with van der Waals surface area (Å²) in [6.45, 7) is 3.52. The Labute approximate surface area is 151 Å². The molecule has 1 heterocycles. The molecular formula is C19H22N2O5. The molecule has 0 unspecified atom stereocenters. The number of nitrogens with one attached hydrogen (secondary N) is 1. The maximum absolute atomic E-state index is 12.3. The number of nitrogens with zero attached hydrogens (tertiary/aromatic N) is 1. The monoisotopic (exact) mass is 358 g/mol. The van der Waals surface area contributed by atoms with E-state index in [2.05, 4.69) is 9.88 Å². The highest BCUT2D eigenvalue weighted by Crippen LogP contribution is 2.42. The van der Waals surface area contributed by atoms with Gasteiger partial charge >= 0.3 is 11.9 Å². The molecule has 2 aromatic rings. The van der Waals surface area contributed by atoms with Crippen molar-refractivity contribution in [3.63, 3.8) is 0 Å². The van der Waals surface area contributed by atoms with Crippen molar-refractivity contribution in [2.45, 2.75) is 39.2 Å². The van der Waals surface area contributed by atoms with Gasteiger partial charge in [0.1, 0.15) is 5.75 Å². The number of rotatable bonds is 6. The molecule has 1 amide bonds. The zero-order valence-electron chi connectivity index (χ0n) is 15.1. The molecule has 1 fully saturated rings. The van der Waals surface area contributed by atoms with Gasteiger partial charge < -0.3 is 19.4 Å². The molecule has 26 heavy (non-hydrogen) atoms. The standard InChI is InChI=1S/C19H22N2O5/c1-11-18(19(24)25-3)15-10-14(26-17(23)8-9-20-12(2)22)6-7-16(15)21(11)13-4-5-13/h6-7,10,13H,4-5,8-9H2,1-3H3,(H,20,22). The SMILES string of the molecule is COC(=O)c1c(C)n(C2CC2)c2ccc(OC(=O)CCNC(C)=O)cc12. The van der Waals surface area contributed by atoms with Crippen LogP contribution in [0.15, 0.2) is 18.2 Å². The second-order valence-corrected chi connectivity index (χ2v) is 6.44. The minimum atomic E-state index is -0.448. The van der Waals surface area contributed by atoms with Crippen LogP contribution in [0.3, 0.4) is 0 Å². The second kappa shape index (κ2) is 7.19. The average molecular weight is 358 g/mol. The highest BCUT2D eigenvalue weighted by Gasteiger charge is 2.30. The predicted octanol–water partition coefficient (Wildman–Crippen LogP) is 2.50. The van der Waals surface area contributed by atoms with E-state index in [-0.39, 0.29) is 18.9 Å². The van der Waals surface area contributed by atoms with Gasteiger partial charge in [0.15, 0.2) is 0 Å². The summed E-state index contributed by atoms with van der Waals surface area (Å²) in [6.07, 6.45) is 2.25. The van der Waals surface area contributed by atoms with Gasteiger partial charge in [0.2, 0.25) is 5.91 Å². The molecule has 7 heteroatoms. The number of carbonyl (C=O) groups excluding carboxylic acids is 3. The highest BCUT2D eigenvalue weighted by molar-refractivity contribution is 6.06. The summed E-state index contributed by atoms with van der Waals surface area (Å²) in [5.41, 5.74) is 2.30. The maximum atomic E-state index is 12.3. The quantitative estimate of drug-likeness (QED) is 0.633. The van der Waals surface area contributed by atoms with Gasteiger partial charge in [0, 0.05) is 36.1 Å². The molecule has 1 aliphatic rings. The lowest BCUT2D eigenvalue weighted by Gasteiger charge is -2.07. The molecule has 0 radical (unpaired) electrons. The average Bonchev–Trinajstić information content (AvgIpc) is 3.37. The minimum absolute atomic E-state index is 0.0730. The fraction of sp³-hybridized carbons (Fsp3) is 0.421. The van der Waals surface area contributed by atoms with Crippen LogP contribution < -0.4 is 10.1 Å². The molecule has 0 saturated heterocycles. The number of hydrogen-bond acceptors (Lipinski definition) is 5. The molecule has 1 aromatic heterocycles. The molecule has 1 N–H and O–H groups in total. The zero-order chi connectivity index (χ0) is 18.8. The number of hydrogen-bond donors (Lipinski definition) is 1. The van der Waals surface area contributed by atoms with Crippen molar-refractivity contribution in [2.24, 2.45) is 0 Å². The minimum Gasteiger partial charge on any atom is -0.465 e. The van der Waals surface area contributed by atoms with Crippen molar-refractivity contribution in [3.8, 4) is 5.75 Å². The van der Waals surface area contributed by atoms with E-state index in [0.29, 0.717) is 22.7 Å². The fourth-order valence-electron chi connectivity index (χ4n) is 3.17. The van der Waals surface area contributed by atoms with Crippen molar-refractivity contribution in [3.05, 3.63) is 29.5 Å². The van der Waals surface area contributed by atoms with Gasteiger partial charge in [-0.15, -0.1) is 0 Å². The summed E-state index contributed by atoms with van der Waals surface area (Å²) >= 11 is 0. The Morgan fingerprint density at radius 1 is 1.27 bits per heavy atom. The maximum Gasteiger partial charge on any atom is 0.340 e. The van der Waals surface area contributed by atoms with Crippen LogP contribution in [0.5, 0.6) is 5.75 Å². The Balaban J connectivity index is 1.88. The van der Waals surface area contributed by atoms with Gasteiger partial charge in [0.25, 0.3) is 0 Å².